The Balaban J connectivity index is 2.02. The van der Waals surface area contributed by atoms with Gasteiger partial charge in [0.1, 0.15) is 12.7 Å². The van der Waals surface area contributed by atoms with Crippen molar-refractivity contribution in [3.8, 4) is 0 Å². The largest absolute Gasteiger partial charge is 0.248 e. The van der Waals surface area contributed by atoms with Crippen molar-refractivity contribution in [1.29, 1.82) is 0 Å². The van der Waals surface area contributed by atoms with E-state index in [4.69, 9.17) is 0 Å². The van der Waals surface area contributed by atoms with Gasteiger partial charge >= 0.3 is 0 Å². The van der Waals surface area contributed by atoms with Gasteiger partial charge in [0.15, 0.2) is 0 Å². The Kier molecular flexibility index (Phi) is 2.49. The normalized spacial score (nSPS) is 11.1. The number of rotatable bonds is 2. The van der Waals surface area contributed by atoms with E-state index in [1.807, 2.05) is 4.68 Å². The van der Waals surface area contributed by atoms with E-state index in [1.165, 1.54) is 15.0 Å². The topological polar surface area (TPSA) is 30.7 Å². The summed E-state index contributed by atoms with van der Waals surface area (Å²) in [6, 6.07) is 8.45. The fourth-order valence-electron chi connectivity index (χ4n) is 1.63. The first-order valence-electron chi connectivity index (χ1n) is 4.82. The van der Waals surface area contributed by atoms with Crippen LogP contribution in [0.2, 0.25) is 0 Å². The van der Waals surface area contributed by atoms with Gasteiger partial charge in [0.25, 0.3) is 0 Å². The van der Waals surface area contributed by atoms with E-state index >= 15 is 0 Å². The van der Waals surface area contributed by atoms with Crippen LogP contribution in [-0.4, -0.2) is 14.8 Å². The number of fused-ring (bicyclic) bond motifs is 1. The molecule has 3 rings (SSSR count). The summed E-state index contributed by atoms with van der Waals surface area (Å²) in [6.45, 7) is 0.784. The molecule has 16 heavy (non-hydrogen) atoms. The molecule has 0 saturated heterocycles. The molecular formula is C11H8BrN3S. The molecule has 0 aliphatic rings. The Hall–Kier alpha value is -1.20. The van der Waals surface area contributed by atoms with E-state index < -0.39 is 0 Å². The summed E-state index contributed by atoms with van der Waals surface area (Å²) in [7, 11) is 0. The highest BCUT2D eigenvalue weighted by molar-refractivity contribution is 9.10. The highest BCUT2D eigenvalue weighted by atomic mass is 79.9. The predicted molar refractivity (Wildman–Crippen MR) is 68.6 cm³/mol. The third-order valence-corrected chi connectivity index (χ3v) is 4.42. The SMILES string of the molecule is Brc1cccc2cc(Cn3cncn3)sc12. The number of aromatic nitrogens is 3. The molecule has 3 aromatic rings. The fourth-order valence-corrected chi connectivity index (χ4v) is 3.31. The Morgan fingerprint density at radius 1 is 1.38 bits per heavy atom. The minimum Gasteiger partial charge on any atom is -0.248 e. The fraction of sp³-hybridized carbons (Fsp3) is 0.0909. The summed E-state index contributed by atoms with van der Waals surface area (Å²) in [6.07, 6.45) is 3.29. The summed E-state index contributed by atoms with van der Waals surface area (Å²) in [5.74, 6) is 0. The molecule has 80 valence electrons. The van der Waals surface area contributed by atoms with Crippen molar-refractivity contribution in [1.82, 2.24) is 14.8 Å². The van der Waals surface area contributed by atoms with Crippen LogP contribution in [0.25, 0.3) is 10.1 Å². The minimum absolute atomic E-state index is 0.784. The van der Waals surface area contributed by atoms with Crippen LogP contribution in [0.1, 0.15) is 4.88 Å². The van der Waals surface area contributed by atoms with E-state index in [9.17, 15) is 0 Å². The van der Waals surface area contributed by atoms with Gasteiger partial charge in [0, 0.05) is 14.0 Å². The van der Waals surface area contributed by atoms with E-state index in [0.29, 0.717) is 0 Å². The lowest BCUT2D eigenvalue weighted by Gasteiger charge is -1.94. The van der Waals surface area contributed by atoms with Crippen molar-refractivity contribution in [2.45, 2.75) is 6.54 Å². The first-order chi connectivity index (χ1) is 7.83. The van der Waals surface area contributed by atoms with Crippen LogP contribution in [-0.2, 0) is 6.54 Å². The Bertz CT molecular complexity index is 615. The highest BCUT2D eigenvalue weighted by Crippen LogP contribution is 2.32. The van der Waals surface area contributed by atoms with Crippen LogP contribution in [0.3, 0.4) is 0 Å². The van der Waals surface area contributed by atoms with Gasteiger partial charge < -0.3 is 0 Å². The standard InChI is InChI=1S/C11H8BrN3S/c12-10-3-1-2-8-4-9(16-11(8)10)5-15-7-13-6-14-15/h1-4,6-7H,5H2. The zero-order valence-electron chi connectivity index (χ0n) is 8.30. The average Bonchev–Trinajstić information content (AvgIpc) is 2.88. The monoisotopic (exact) mass is 293 g/mol. The van der Waals surface area contributed by atoms with Crippen molar-refractivity contribution in [2.75, 3.05) is 0 Å². The molecule has 0 fully saturated rings. The molecule has 0 unspecified atom stereocenters. The number of benzene rings is 1. The van der Waals surface area contributed by atoms with Gasteiger partial charge in [-0.2, -0.15) is 5.10 Å². The molecule has 0 spiro atoms. The highest BCUT2D eigenvalue weighted by Gasteiger charge is 2.05. The predicted octanol–water partition coefficient (Wildman–Crippen LogP) is 3.30. The van der Waals surface area contributed by atoms with E-state index in [0.717, 1.165) is 11.0 Å². The van der Waals surface area contributed by atoms with Crippen LogP contribution in [0.15, 0.2) is 41.4 Å². The lowest BCUT2D eigenvalue weighted by molar-refractivity contribution is 0.693. The molecule has 0 radical (unpaired) electrons. The molecule has 0 bridgehead atoms. The van der Waals surface area contributed by atoms with Gasteiger partial charge in [-0.3, -0.25) is 0 Å². The molecule has 3 nitrogen and oxygen atoms in total. The molecule has 2 heterocycles. The summed E-state index contributed by atoms with van der Waals surface area (Å²) in [5.41, 5.74) is 0. The van der Waals surface area contributed by atoms with Crippen molar-refractivity contribution < 1.29 is 0 Å². The van der Waals surface area contributed by atoms with Crippen LogP contribution >= 0.6 is 27.3 Å². The van der Waals surface area contributed by atoms with Gasteiger partial charge in [0.2, 0.25) is 0 Å². The third-order valence-electron chi connectivity index (χ3n) is 2.33. The van der Waals surface area contributed by atoms with Crippen LogP contribution in [0.4, 0.5) is 0 Å². The summed E-state index contributed by atoms with van der Waals surface area (Å²) in [4.78, 5) is 5.22. The maximum absolute atomic E-state index is 4.10. The van der Waals surface area contributed by atoms with Crippen molar-refractivity contribution in [3.63, 3.8) is 0 Å². The number of hydrogen-bond donors (Lipinski definition) is 0. The first kappa shape index (κ1) is 9.99. The van der Waals surface area contributed by atoms with Gasteiger partial charge in [-0.25, -0.2) is 9.67 Å². The van der Waals surface area contributed by atoms with Crippen LogP contribution < -0.4 is 0 Å². The smallest absolute Gasteiger partial charge is 0.137 e. The third kappa shape index (κ3) is 1.76. The average molecular weight is 294 g/mol. The van der Waals surface area contributed by atoms with Crippen molar-refractivity contribution in [2.24, 2.45) is 0 Å². The Morgan fingerprint density at radius 3 is 3.06 bits per heavy atom. The Labute approximate surface area is 105 Å². The van der Waals surface area contributed by atoms with Crippen molar-refractivity contribution in [3.05, 3.63) is 46.3 Å². The molecule has 0 aliphatic carbocycles. The number of halogens is 1. The number of thiophene rings is 1. The molecule has 2 aromatic heterocycles. The molecule has 0 aliphatic heterocycles. The first-order valence-corrected chi connectivity index (χ1v) is 6.43. The van der Waals surface area contributed by atoms with Crippen molar-refractivity contribution >= 4 is 37.4 Å². The molecule has 0 amide bonds. The number of nitrogens with zero attached hydrogens (tertiary/aromatic N) is 3. The second-order valence-corrected chi connectivity index (χ2v) is 5.46. The zero-order valence-corrected chi connectivity index (χ0v) is 10.7. The summed E-state index contributed by atoms with van der Waals surface area (Å²) in [5, 5.41) is 5.38. The summed E-state index contributed by atoms with van der Waals surface area (Å²) >= 11 is 5.35. The van der Waals surface area contributed by atoms with Gasteiger partial charge in [0.05, 0.1) is 6.54 Å². The maximum atomic E-state index is 4.10. The maximum Gasteiger partial charge on any atom is 0.137 e. The minimum atomic E-state index is 0.784. The Morgan fingerprint density at radius 2 is 2.31 bits per heavy atom. The van der Waals surface area contributed by atoms with Crippen LogP contribution in [0.5, 0.6) is 0 Å². The molecule has 0 atom stereocenters. The van der Waals surface area contributed by atoms with E-state index in [2.05, 4.69) is 50.3 Å². The van der Waals surface area contributed by atoms with Crippen LogP contribution in [0, 0.1) is 0 Å². The van der Waals surface area contributed by atoms with Gasteiger partial charge in [-0.15, -0.1) is 11.3 Å². The zero-order chi connectivity index (χ0) is 11.0. The van der Waals surface area contributed by atoms with E-state index in [1.54, 1.807) is 24.0 Å². The molecule has 0 saturated carbocycles. The summed E-state index contributed by atoms with van der Waals surface area (Å²) < 4.78 is 4.27. The van der Waals surface area contributed by atoms with E-state index in [-0.39, 0.29) is 0 Å². The molecular weight excluding hydrogens is 286 g/mol. The quantitative estimate of drug-likeness (QED) is 0.726. The lowest BCUT2D eigenvalue weighted by atomic mass is 10.2. The molecule has 1 aromatic carbocycles. The molecule has 5 heteroatoms. The van der Waals surface area contributed by atoms with Gasteiger partial charge in [-0.1, -0.05) is 12.1 Å². The molecule has 0 N–H and O–H groups in total. The lowest BCUT2D eigenvalue weighted by Crippen LogP contribution is -1.97. The second kappa shape index (κ2) is 3.99. The number of hydrogen-bond acceptors (Lipinski definition) is 3. The second-order valence-electron chi connectivity index (χ2n) is 3.46. The van der Waals surface area contributed by atoms with Gasteiger partial charge in [-0.05, 0) is 33.4 Å².